The summed E-state index contributed by atoms with van der Waals surface area (Å²) in [6.45, 7) is 0. The highest BCUT2D eigenvalue weighted by atomic mass is 35.5. The zero-order chi connectivity index (χ0) is 11.5. The molecule has 0 radical (unpaired) electrons. The molecule has 82 valence electrons. The van der Waals surface area contributed by atoms with E-state index in [1.807, 2.05) is 36.6 Å². The van der Waals surface area contributed by atoms with Gasteiger partial charge in [0.2, 0.25) is 0 Å². The number of hydrogen-bond acceptors (Lipinski definition) is 2. The van der Waals surface area contributed by atoms with Gasteiger partial charge < -0.3 is 5.11 Å². The van der Waals surface area contributed by atoms with Crippen molar-refractivity contribution in [3.63, 3.8) is 0 Å². The van der Waals surface area contributed by atoms with Crippen LogP contribution in [0.15, 0.2) is 47.4 Å². The van der Waals surface area contributed by atoms with Gasteiger partial charge >= 0.3 is 0 Å². The van der Waals surface area contributed by atoms with E-state index >= 15 is 0 Å². The van der Waals surface area contributed by atoms with Crippen LogP contribution in [0.3, 0.4) is 0 Å². The smallest absolute Gasteiger partial charge is 0.123 e. The van der Waals surface area contributed by atoms with Gasteiger partial charge in [0.1, 0.15) is 5.75 Å². The minimum Gasteiger partial charge on any atom is -0.507 e. The summed E-state index contributed by atoms with van der Waals surface area (Å²) in [4.78, 5) is 1.04. The third-order valence-electron chi connectivity index (χ3n) is 2.37. The molecule has 0 unspecified atom stereocenters. The van der Waals surface area contributed by atoms with E-state index in [0.29, 0.717) is 5.02 Å². The first-order valence-electron chi connectivity index (χ1n) is 4.84. The van der Waals surface area contributed by atoms with Crippen molar-refractivity contribution in [1.29, 1.82) is 0 Å². The molecule has 2 aromatic rings. The number of benzene rings is 2. The van der Waals surface area contributed by atoms with Crippen LogP contribution >= 0.6 is 23.4 Å². The molecule has 3 heteroatoms. The molecular weight excluding hydrogens is 240 g/mol. The highest BCUT2D eigenvalue weighted by Gasteiger charge is 2.05. The predicted molar refractivity (Wildman–Crippen MR) is 70.3 cm³/mol. The van der Waals surface area contributed by atoms with Crippen molar-refractivity contribution < 1.29 is 5.11 Å². The first-order valence-corrected chi connectivity index (χ1v) is 6.44. The van der Waals surface area contributed by atoms with E-state index in [4.69, 9.17) is 11.6 Å². The van der Waals surface area contributed by atoms with Gasteiger partial charge in [-0.25, -0.2) is 0 Å². The molecule has 1 N–H and O–H groups in total. The van der Waals surface area contributed by atoms with Crippen LogP contribution in [-0.2, 0) is 0 Å². The van der Waals surface area contributed by atoms with E-state index in [1.54, 1.807) is 23.9 Å². The third kappa shape index (κ3) is 2.18. The molecule has 0 heterocycles. The summed E-state index contributed by atoms with van der Waals surface area (Å²) in [5.74, 6) is 0.274. The van der Waals surface area contributed by atoms with Gasteiger partial charge in [-0.1, -0.05) is 35.9 Å². The van der Waals surface area contributed by atoms with Crippen LogP contribution in [0, 0.1) is 0 Å². The lowest BCUT2D eigenvalue weighted by Gasteiger charge is -2.07. The fraction of sp³-hybridized carbons (Fsp3) is 0.0769. The normalized spacial score (nSPS) is 10.4. The lowest BCUT2D eigenvalue weighted by atomic mass is 10.1. The Hall–Kier alpha value is -1.12. The monoisotopic (exact) mass is 250 g/mol. The van der Waals surface area contributed by atoms with Crippen molar-refractivity contribution in [3.8, 4) is 16.9 Å². The van der Waals surface area contributed by atoms with Crippen molar-refractivity contribution in [2.75, 3.05) is 6.26 Å². The molecule has 0 aliphatic carbocycles. The standard InChI is InChI=1S/C13H11ClOS/c1-16-13-7-6-9(8-11(13)14)10-4-2-3-5-12(10)15/h2-8,15H,1H3. The van der Waals surface area contributed by atoms with E-state index in [-0.39, 0.29) is 5.75 Å². The number of aromatic hydroxyl groups is 1. The Morgan fingerprint density at radius 2 is 1.88 bits per heavy atom. The molecule has 0 fully saturated rings. The van der Waals surface area contributed by atoms with Gasteiger partial charge in [-0.2, -0.15) is 0 Å². The van der Waals surface area contributed by atoms with Gasteiger partial charge in [0.25, 0.3) is 0 Å². The van der Waals surface area contributed by atoms with E-state index in [1.165, 1.54) is 0 Å². The maximum Gasteiger partial charge on any atom is 0.123 e. The maximum atomic E-state index is 9.73. The average Bonchev–Trinajstić information content (AvgIpc) is 2.29. The summed E-state index contributed by atoms with van der Waals surface area (Å²) >= 11 is 7.74. The Labute approximate surface area is 104 Å². The largest absolute Gasteiger partial charge is 0.507 e. The van der Waals surface area contributed by atoms with Crippen molar-refractivity contribution >= 4 is 23.4 Å². The molecule has 0 saturated heterocycles. The number of halogens is 1. The minimum absolute atomic E-state index is 0.274. The number of thioether (sulfide) groups is 1. The lowest BCUT2D eigenvalue weighted by molar-refractivity contribution is 0.477. The first-order chi connectivity index (χ1) is 7.72. The number of phenols is 1. The average molecular weight is 251 g/mol. The lowest BCUT2D eigenvalue weighted by Crippen LogP contribution is -1.80. The molecule has 0 amide bonds. The van der Waals surface area contributed by atoms with Crippen LogP contribution in [0.25, 0.3) is 11.1 Å². The second-order valence-electron chi connectivity index (χ2n) is 3.37. The Kier molecular flexibility index (Phi) is 3.42. The molecule has 0 aliphatic heterocycles. The Morgan fingerprint density at radius 3 is 2.50 bits per heavy atom. The van der Waals surface area contributed by atoms with Gasteiger partial charge in [0, 0.05) is 10.5 Å². The molecule has 0 aromatic heterocycles. The number of phenolic OH excluding ortho intramolecular Hbond substituents is 1. The molecule has 16 heavy (non-hydrogen) atoms. The fourth-order valence-corrected chi connectivity index (χ4v) is 2.42. The van der Waals surface area contributed by atoms with Crippen LogP contribution in [0.4, 0.5) is 0 Å². The van der Waals surface area contributed by atoms with Crippen LogP contribution in [0.2, 0.25) is 5.02 Å². The fourth-order valence-electron chi connectivity index (χ4n) is 1.55. The number of rotatable bonds is 2. The summed E-state index contributed by atoms with van der Waals surface area (Å²) in [5, 5.41) is 10.4. The van der Waals surface area contributed by atoms with Gasteiger partial charge in [-0.3, -0.25) is 0 Å². The zero-order valence-electron chi connectivity index (χ0n) is 8.77. The van der Waals surface area contributed by atoms with E-state index in [9.17, 15) is 5.11 Å². The van der Waals surface area contributed by atoms with Gasteiger partial charge in [-0.15, -0.1) is 11.8 Å². The van der Waals surface area contributed by atoms with Crippen molar-refractivity contribution in [2.45, 2.75) is 4.90 Å². The summed E-state index contributed by atoms with van der Waals surface area (Å²) in [6, 6.07) is 13.1. The van der Waals surface area contributed by atoms with Crippen LogP contribution in [-0.4, -0.2) is 11.4 Å². The molecule has 0 aliphatic rings. The van der Waals surface area contributed by atoms with Crippen molar-refractivity contribution in [1.82, 2.24) is 0 Å². The Bertz CT molecular complexity index is 511. The number of hydrogen-bond donors (Lipinski definition) is 1. The Morgan fingerprint density at radius 1 is 1.12 bits per heavy atom. The molecule has 0 atom stereocenters. The van der Waals surface area contributed by atoms with E-state index in [2.05, 4.69) is 0 Å². The van der Waals surface area contributed by atoms with E-state index in [0.717, 1.165) is 16.0 Å². The van der Waals surface area contributed by atoms with E-state index < -0.39 is 0 Å². The molecule has 0 spiro atoms. The van der Waals surface area contributed by atoms with Crippen molar-refractivity contribution in [2.24, 2.45) is 0 Å². The molecule has 0 bridgehead atoms. The molecule has 1 nitrogen and oxygen atoms in total. The van der Waals surface area contributed by atoms with Gasteiger partial charge in [0.05, 0.1) is 5.02 Å². The second kappa shape index (κ2) is 4.81. The Balaban J connectivity index is 2.50. The molecule has 2 aromatic carbocycles. The maximum absolute atomic E-state index is 9.73. The topological polar surface area (TPSA) is 20.2 Å². The SMILES string of the molecule is CSc1ccc(-c2ccccc2O)cc1Cl. The van der Waals surface area contributed by atoms with Gasteiger partial charge in [0.15, 0.2) is 0 Å². The second-order valence-corrected chi connectivity index (χ2v) is 4.62. The van der Waals surface area contributed by atoms with Crippen LogP contribution in [0.1, 0.15) is 0 Å². The highest BCUT2D eigenvalue weighted by Crippen LogP contribution is 2.33. The molecule has 2 rings (SSSR count). The quantitative estimate of drug-likeness (QED) is 0.796. The summed E-state index contributed by atoms with van der Waals surface area (Å²) in [5.41, 5.74) is 1.73. The van der Waals surface area contributed by atoms with Gasteiger partial charge in [-0.05, 0) is 30.0 Å². The molecular formula is C13H11ClOS. The summed E-state index contributed by atoms with van der Waals surface area (Å²) in [6.07, 6.45) is 1.99. The molecule has 0 saturated carbocycles. The van der Waals surface area contributed by atoms with Crippen molar-refractivity contribution in [3.05, 3.63) is 47.5 Å². The number of para-hydroxylation sites is 1. The minimum atomic E-state index is 0.274. The predicted octanol–water partition coefficient (Wildman–Crippen LogP) is 4.43. The van der Waals surface area contributed by atoms with Crippen LogP contribution in [0.5, 0.6) is 5.75 Å². The summed E-state index contributed by atoms with van der Waals surface area (Å²) in [7, 11) is 0. The summed E-state index contributed by atoms with van der Waals surface area (Å²) < 4.78 is 0. The third-order valence-corrected chi connectivity index (χ3v) is 3.59. The zero-order valence-corrected chi connectivity index (χ0v) is 10.3. The highest BCUT2D eigenvalue weighted by molar-refractivity contribution is 7.98. The van der Waals surface area contributed by atoms with Crippen LogP contribution < -0.4 is 0 Å². The first kappa shape index (κ1) is 11.4.